The van der Waals surface area contributed by atoms with Crippen LogP contribution in [0.25, 0.3) is 0 Å². The van der Waals surface area contributed by atoms with Gasteiger partial charge in [0.25, 0.3) is 11.6 Å². The lowest BCUT2D eigenvalue weighted by Crippen LogP contribution is -2.31. The molecule has 1 aliphatic rings. The smallest absolute Gasteiger partial charge is 0.347 e. The molecule has 156 valence electrons. The number of benzene rings is 2. The van der Waals surface area contributed by atoms with Crippen LogP contribution in [0, 0.1) is 10.1 Å². The van der Waals surface area contributed by atoms with Gasteiger partial charge < -0.3 is 14.5 Å². The van der Waals surface area contributed by atoms with E-state index in [0.29, 0.717) is 36.3 Å². The van der Waals surface area contributed by atoms with Crippen molar-refractivity contribution in [3.63, 3.8) is 0 Å². The average molecular weight is 411 g/mol. The highest BCUT2D eigenvalue weighted by Gasteiger charge is 2.25. The minimum Gasteiger partial charge on any atom is -0.463 e. The highest BCUT2D eigenvalue weighted by Crippen LogP contribution is 2.28. The molecule has 3 rings (SSSR count). The van der Waals surface area contributed by atoms with Crippen molar-refractivity contribution < 1.29 is 24.1 Å². The van der Waals surface area contributed by atoms with E-state index in [1.165, 1.54) is 24.3 Å². The number of hydrogen-bond acceptors (Lipinski definition) is 7. The summed E-state index contributed by atoms with van der Waals surface area (Å²) in [6.45, 7) is 2.14. The Balaban J connectivity index is 1.85. The number of hydrogen-bond donors (Lipinski definition) is 0. The average Bonchev–Trinajstić information content (AvgIpc) is 2.93. The maximum atomic E-state index is 13.1. The zero-order valence-corrected chi connectivity index (χ0v) is 16.4. The van der Waals surface area contributed by atoms with Crippen LogP contribution in [0.1, 0.15) is 35.7 Å². The molecule has 1 amide bonds. The van der Waals surface area contributed by atoms with Gasteiger partial charge in [0.1, 0.15) is 0 Å². The number of nitro groups is 1. The van der Waals surface area contributed by atoms with Crippen molar-refractivity contribution in [3.8, 4) is 0 Å². The minimum absolute atomic E-state index is 0.0732. The van der Waals surface area contributed by atoms with E-state index in [9.17, 15) is 19.7 Å². The number of carbonyl (C=O) groups excluding carboxylic acids is 2. The van der Waals surface area contributed by atoms with Crippen LogP contribution in [0.2, 0.25) is 0 Å². The summed E-state index contributed by atoms with van der Waals surface area (Å²) < 4.78 is 4.82. The summed E-state index contributed by atoms with van der Waals surface area (Å²) in [6.07, 6.45) is 1.19. The van der Waals surface area contributed by atoms with Crippen molar-refractivity contribution >= 4 is 29.0 Å². The monoisotopic (exact) mass is 411 g/mol. The van der Waals surface area contributed by atoms with E-state index in [-0.39, 0.29) is 24.8 Å². The molecule has 30 heavy (non-hydrogen) atoms. The second kappa shape index (κ2) is 9.64. The third-order valence-corrected chi connectivity index (χ3v) is 4.53. The number of nitro benzene ring substituents is 1. The Morgan fingerprint density at radius 3 is 2.60 bits per heavy atom. The number of para-hydroxylation sites is 1. The van der Waals surface area contributed by atoms with Gasteiger partial charge in [-0.1, -0.05) is 23.4 Å². The lowest BCUT2D eigenvalue weighted by molar-refractivity contribution is -0.384. The van der Waals surface area contributed by atoms with Crippen molar-refractivity contribution in [3.05, 3.63) is 69.8 Å². The van der Waals surface area contributed by atoms with Gasteiger partial charge in [0.15, 0.2) is 0 Å². The predicted octanol–water partition coefficient (Wildman–Crippen LogP) is 3.32. The number of fused-ring (bicyclic) bond motifs is 1. The third-order valence-electron chi connectivity index (χ3n) is 4.53. The van der Waals surface area contributed by atoms with Gasteiger partial charge >= 0.3 is 5.97 Å². The fraction of sp³-hybridized carbons (Fsp3) is 0.286. The van der Waals surface area contributed by atoms with E-state index in [2.05, 4.69) is 5.16 Å². The third kappa shape index (κ3) is 4.80. The Morgan fingerprint density at radius 2 is 1.90 bits per heavy atom. The van der Waals surface area contributed by atoms with Gasteiger partial charge in [-0.15, -0.1) is 0 Å². The molecule has 9 nitrogen and oxygen atoms in total. The summed E-state index contributed by atoms with van der Waals surface area (Å²) in [7, 11) is 0. The maximum absolute atomic E-state index is 13.1. The van der Waals surface area contributed by atoms with Crippen LogP contribution >= 0.6 is 0 Å². The molecule has 0 N–H and O–H groups in total. The van der Waals surface area contributed by atoms with Gasteiger partial charge in [0, 0.05) is 29.8 Å². The van der Waals surface area contributed by atoms with E-state index >= 15 is 0 Å². The topological polar surface area (TPSA) is 111 Å². The molecule has 1 aliphatic heterocycles. The molecule has 1 heterocycles. The van der Waals surface area contributed by atoms with Crippen LogP contribution in [0.5, 0.6) is 0 Å². The van der Waals surface area contributed by atoms with Crippen molar-refractivity contribution in [2.45, 2.75) is 19.8 Å². The second-order valence-corrected chi connectivity index (χ2v) is 6.50. The number of rotatable bonds is 6. The number of anilines is 1. The maximum Gasteiger partial charge on any atom is 0.347 e. The normalized spacial score (nSPS) is 14.6. The molecule has 0 atom stereocenters. The van der Waals surface area contributed by atoms with E-state index in [4.69, 9.17) is 9.57 Å². The molecule has 0 fully saturated rings. The Hall–Kier alpha value is -3.75. The molecule has 0 aromatic heterocycles. The molecule has 2 aromatic rings. The van der Waals surface area contributed by atoms with Crippen molar-refractivity contribution in [2.24, 2.45) is 5.16 Å². The van der Waals surface area contributed by atoms with E-state index in [1.807, 2.05) is 24.3 Å². The second-order valence-electron chi connectivity index (χ2n) is 6.50. The van der Waals surface area contributed by atoms with Crippen molar-refractivity contribution in [1.29, 1.82) is 0 Å². The van der Waals surface area contributed by atoms with Crippen LogP contribution in [-0.4, -0.2) is 42.3 Å². The molecule has 0 bridgehead atoms. The number of amides is 1. The molecule has 2 aromatic carbocycles. The first-order valence-electron chi connectivity index (χ1n) is 9.51. The first-order valence-corrected chi connectivity index (χ1v) is 9.51. The molecule has 0 saturated heterocycles. The Kier molecular flexibility index (Phi) is 6.74. The number of oxime groups is 1. The number of non-ortho nitro benzene ring substituents is 1. The van der Waals surface area contributed by atoms with E-state index in [1.54, 1.807) is 11.8 Å². The number of nitrogens with zero attached hydrogens (tertiary/aromatic N) is 3. The molecule has 0 saturated carbocycles. The van der Waals surface area contributed by atoms with Crippen molar-refractivity contribution in [1.82, 2.24) is 0 Å². The molecule has 0 radical (unpaired) electrons. The lowest BCUT2D eigenvalue weighted by Gasteiger charge is -2.22. The summed E-state index contributed by atoms with van der Waals surface area (Å²) in [5.41, 5.74) is 2.31. The molecule has 0 aliphatic carbocycles. The van der Waals surface area contributed by atoms with Crippen LogP contribution < -0.4 is 4.90 Å². The standard InChI is InChI=1S/C21H21N3O6/c1-2-29-20(25)14-30-22-18-7-5-13-23(19-8-4-3-6-17(18)19)21(26)15-9-11-16(12-10-15)24(27)28/h3-4,6,8-12H,2,5,7,13-14H2,1H3. The van der Waals surface area contributed by atoms with Gasteiger partial charge in [-0.25, -0.2) is 4.79 Å². The van der Waals surface area contributed by atoms with Gasteiger partial charge in [-0.3, -0.25) is 14.9 Å². The van der Waals surface area contributed by atoms with Crippen LogP contribution in [0.4, 0.5) is 11.4 Å². The Morgan fingerprint density at radius 1 is 1.17 bits per heavy atom. The van der Waals surface area contributed by atoms with Gasteiger partial charge in [-0.05, 0) is 38.0 Å². The Labute approximate surface area is 173 Å². The molecule has 9 heteroatoms. The number of carbonyl (C=O) groups is 2. The summed E-state index contributed by atoms with van der Waals surface area (Å²) in [6, 6.07) is 12.8. The Bertz CT molecular complexity index is 971. The van der Waals surface area contributed by atoms with E-state index < -0.39 is 10.9 Å². The summed E-state index contributed by atoms with van der Waals surface area (Å²) >= 11 is 0. The quantitative estimate of drug-likeness (QED) is 0.410. The fourth-order valence-electron chi connectivity index (χ4n) is 3.17. The summed E-state index contributed by atoms with van der Waals surface area (Å²) in [5, 5.41) is 15.0. The van der Waals surface area contributed by atoms with Crippen LogP contribution in [0.15, 0.2) is 53.7 Å². The zero-order chi connectivity index (χ0) is 21.5. The van der Waals surface area contributed by atoms with Crippen molar-refractivity contribution in [2.75, 3.05) is 24.7 Å². The summed E-state index contributed by atoms with van der Waals surface area (Å²) in [4.78, 5) is 41.7. The predicted molar refractivity (Wildman–Crippen MR) is 110 cm³/mol. The zero-order valence-electron chi connectivity index (χ0n) is 16.4. The highest BCUT2D eigenvalue weighted by molar-refractivity contribution is 6.13. The van der Waals surface area contributed by atoms with Gasteiger partial charge in [0.2, 0.25) is 6.61 Å². The molecule has 0 unspecified atom stereocenters. The lowest BCUT2D eigenvalue weighted by atomic mass is 10.1. The summed E-state index contributed by atoms with van der Waals surface area (Å²) in [5.74, 6) is -0.759. The molecular weight excluding hydrogens is 390 g/mol. The SMILES string of the molecule is CCOC(=O)CON=C1CCCN(C(=O)c2ccc([N+](=O)[O-])cc2)c2ccccc21. The molecule has 0 spiro atoms. The van der Waals surface area contributed by atoms with E-state index in [0.717, 1.165) is 5.56 Å². The number of ether oxygens (including phenoxy) is 1. The van der Waals surface area contributed by atoms with Crippen LogP contribution in [0.3, 0.4) is 0 Å². The molecular formula is C21H21N3O6. The highest BCUT2D eigenvalue weighted by atomic mass is 16.7. The first-order chi connectivity index (χ1) is 14.5. The largest absolute Gasteiger partial charge is 0.463 e. The first kappa shape index (κ1) is 21.0. The van der Waals surface area contributed by atoms with Gasteiger partial charge in [-0.2, -0.15) is 0 Å². The van der Waals surface area contributed by atoms with Gasteiger partial charge in [0.05, 0.1) is 22.9 Å². The number of esters is 1. The fourth-order valence-corrected chi connectivity index (χ4v) is 3.17. The minimum atomic E-state index is -0.505. The van der Waals surface area contributed by atoms with Crippen LogP contribution in [-0.2, 0) is 14.4 Å².